The summed E-state index contributed by atoms with van der Waals surface area (Å²) in [6.45, 7) is 0. The van der Waals surface area contributed by atoms with Gasteiger partial charge in [-0.1, -0.05) is 146 Å². The minimum absolute atomic E-state index is 0.939. The van der Waals surface area contributed by atoms with Gasteiger partial charge in [-0.05, 0) is 99.1 Å². The molecule has 0 radical (unpaired) electrons. The van der Waals surface area contributed by atoms with E-state index in [0.717, 1.165) is 23.5 Å². The first-order valence-electron chi connectivity index (χ1n) is 18.4. The van der Waals surface area contributed by atoms with Gasteiger partial charge in [0.05, 0.1) is 16.7 Å². The first-order valence-corrected chi connectivity index (χ1v) is 18.4. The van der Waals surface area contributed by atoms with Gasteiger partial charge < -0.3 is 9.47 Å². The number of anilines is 3. The quantitative estimate of drug-likeness (QED) is 0.165. The minimum Gasteiger partial charge on any atom is -0.309 e. The first-order chi connectivity index (χ1) is 26.3. The molecule has 0 N–H and O–H groups in total. The van der Waals surface area contributed by atoms with Crippen molar-refractivity contribution in [3.63, 3.8) is 0 Å². The van der Waals surface area contributed by atoms with Crippen LogP contribution in [-0.2, 0) is 6.42 Å². The van der Waals surface area contributed by atoms with Gasteiger partial charge in [0.15, 0.2) is 0 Å². The van der Waals surface area contributed by atoms with Crippen molar-refractivity contribution in [2.45, 2.75) is 6.42 Å². The zero-order chi connectivity index (χ0) is 34.9. The van der Waals surface area contributed by atoms with E-state index in [1.54, 1.807) is 0 Å². The molecule has 0 unspecified atom stereocenters. The molecule has 1 aromatic heterocycles. The van der Waals surface area contributed by atoms with Crippen molar-refractivity contribution in [3.8, 4) is 27.9 Å². The van der Waals surface area contributed by atoms with Crippen molar-refractivity contribution in [2.75, 3.05) is 4.90 Å². The van der Waals surface area contributed by atoms with Crippen LogP contribution in [0.2, 0.25) is 0 Å². The second-order valence-electron chi connectivity index (χ2n) is 14.1. The Bertz CT molecular complexity index is 2910. The molecule has 0 spiro atoms. The summed E-state index contributed by atoms with van der Waals surface area (Å²) < 4.78 is 2.39. The van der Waals surface area contributed by atoms with E-state index < -0.39 is 0 Å². The number of hydrogen-bond donors (Lipinski definition) is 0. The number of para-hydroxylation sites is 2. The van der Waals surface area contributed by atoms with Gasteiger partial charge in [0.2, 0.25) is 0 Å². The lowest BCUT2D eigenvalue weighted by Crippen LogP contribution is -2.12. The SMILES string of the molecule is c1ccc(-c2c3ccccc3c(N(c3ccc(-n4c5ccccc5c5ccccc54)cc3)c3ccc4c(c3)Cc3ccccc3-4)c3ccccc23)cc1. The average Bonchev–Trinajstić information content (AvgIpc) is 3.77. The molecule has 53 heavy (non-hydrogen) atoms. The summed E-state index contributed by atoms with van der Waals surface area (Å²) in [5.41, 5.74) is 15.0. The second kappa shape index (κ2) is 11.8. The Balaban J connectivity index is 1.17. The molecule has 11 rings (SSSR count). The zero-order valence-electron chi connectivity index (χ0n) is 29.1. The van der Waals surface area contributed by atoms with Crippen molar-refractivity contribution in [2.24, 2.45) is 0 Å². The van der Waals surface area contributed by atoms with E-state index in [9.17, 15) is 0 Å². The predicted molar refractivity (Wildman–Crippen MR) is 224 cm³/mol. The maximum atomic E-state index is 2.50. The molecule has 9 aromatic carbocycles. The number of nitrogens with zero attached hydrogens (tertiary/aromatic N) is 2. The third-order valence-corrected chi connectivity index (χ3v) is 11.2. The monoisotopic (exact) mass is 674 g/mol. The molecule has 0 atom stereocenters. The Labute approximate surface area is 308 Å². The Morgan fingerprint density at radius 2 is 0.887 bits per heavy atom. The van der Waals surface area contributed by atoms with Crippen LogP contribution in [0, 0.1) is 0 Å². The van der Waals surface area contributed by atoms with Crippen LogP contribution in [0.4, 0.5) is 17.1 Å². The molecule has 2 heteroatoms. The number of aromatic nitrogens is 1. The molecule has 10 aromatic rings. The minimum atomic E-state index is 0.939. The molecular formula is C51H34N2. The summed E-state index contributed by atoms with van der Waals surface area (Å²) in [5.74, 6) is 0. The van der Waals surface area contributed by atoms with Crippen LogP contribution in [0.1, 0.15) is 11.1 Å². The number of hydrogen-bond acceptors (Lipinski definition) is 1. The lowest BCUT2D eigenvalue weighted by Gasteiger charge is -2.30. The van der Waals surface area contributed by atoms with E-state index in [0.29, 0.717) is 0 Å². The summed E-state index contributed by atoms with van der Waals surface area (Å²) in [6.07, 6.45) is 0.939. The number of rotatable bonds is 5. The predicted octanol–water partition coefficient (Wildman–Crippen LogP) is 13.8. The highest BCUT2D eigenvalue weighted by Crippen LogP contribution is 2.49. The van der Waals surface area contributed by atoms with Gasteiger partial charge in [-0.3, -0.25) is 0 Å². The smallest absolute Gasteiger partial charge is 0.0618 e. The molecule has 0 amide bonds. The zero-order valence-corrected chi connectivity index (χ0v) is 29.1. The molecule has 0 saturated carbocycles. The molecule has 1 heterocycles. The maximum Gasteiger partial charge on any atom is 0.0618 e. The molecule has 248 valence electrons. The Hall–Kier alpha value is -6.90. The summed E-state index contributed by atoms with van der Waals surface area (Å²) in [7, 11) is 0. The number of fused-ring (bicyclic) bond motifs is 8. The van der Waals surface area contributed by atoms with Crippen LogP contribution < -0.4 is 4.90 Å². The van der Waals surface area contributed by atoms with Gasteiger partial charge in [-0.2, -0.15) is 0 Å². The Morgan fingerprint density at radius 3 is 1.55 bits per heavy atom. The fraction of sp³-hybridized carbons (Fsp3) is 0.0196. The van der Waals surface area contributed by atoms with Gasteiger partial charge in [0.25, 0.3) is 0 Å². The van der Waals surface area contributed by atoms with Gasteiger partial charge >= 0.3 is 0 Å². The molecule has 0 fully saturated rings. The molecule has 1 aliphatic carbocycles. The van der Waals surface area contributed by atoms with Gasteiger partial charge in [-0.15, -0.1) is 0 Å². The lowest BCUT2D eigenvalue weighted by molar-refractivity contribution is 1.17. The highest BCUT2D eigenvalue weighted by atomic mass is 15.1. The van der Waals surface area contributed by atoms with Crippen LogP contribution in [0.3, 0.4) is 0 Å². The van der Waals surface area contributed by atoms with Crippen molar-refractivity contribution in [3.05, 3.63) is 205 Å². The van der Waals surface area contributed by atoms with E-state index in [-0.39, 0.29) is 0 Å². The summed E-state index contributed by atoms with van der Waals surface area (Å²) in [4.78, 5) is 2.50. The van der Waals surface area contributed by atoms with Crippen molar-refractivity contribution < 1.29 is 0 Å². The molecule has 0 aliphatic heterocycles. The van der Waals surface area contributed by atoms with Crippen molar-refractivity contribution in [1.82, 2.24) is 4.57 Å². The highest BCUT2D eigenvalue weighted by molar-refractivity contribution is 6.22. The normalized spacial score (nSPS) is 12.1. The number of benzene rings is 9. The standard InChI is InChI=1S/C51H34N2/c1-2-14-34(15-3-1)50-44-20-6-8-22-46(44)51(47-23-9-7-21-45(47)50)52(39-30-31-41-36(33-39)32-35-16-4-5-17-40(35)41)37-26-28-38(29-27-37)53-48-24-12-10-18-42(48)43-19-11-13-25-49(43)53/h1-31,33H,32H2. The molecule has 2 nitrogen and oxygen atoms in total. The van der Waals surface area contributed by atoms with Crippen LogP contribution in [0.15, 0.2) is 194 Å². The maximum absolute atomic E-state index is 2.50. The summed E-state index contributed by atoms with van der Waals surface area (Å²) in [6, 6.07) is 71.2. The van der Waals surface area contributed by atoms with E-state index in [1.165, 1.54) is 82.4 Å². The van der Waals surface area contributed by atoms with Crippen molar-refractivity contribution in [1.29, 1.82) is 0 Å². The topological polar surface area (TPSA) is 8.17 Å². The average molecular weight is 675 g/mol. The van der Waals surface area contributed by atoms with Crippen LogP contribution in [-0.4, -0.2) is 4.57 Å². The van der Waals surface area contributed by atoms with E-state index in [2.05, 4.69) is 204 Å². The lowest BCUT2D eigenvalue weighted by atomic mass is 9.90. The van der Waals surface area contributed by atoms with Crippen LogP contribution in [0.25, 0.3) is 71.3 Å². The van der Waals surface area contributed by atoms with Gasteiger partial charge in [-0.25, -0.2) is 0 Å². The first kappa shape index (κ1) is 29.8. The molecular weight excluding hydrogens is 641 g/mol. The van der Waals surface area contributed by atoms with Crippen molar-refractivity contribution >= 4 is 60.4 Å². The van der Waals surface area contributed by atoms with Crippen LogP contribution in [0.5, 0.6) is 0 Å². The third kappa shape index (κ3) is 4.59. The fourth-order valence-corrected chi connectivity index (χ4v) is 8.89. The van der Waals surface area contributed by atoms with E-state index in [1.807, 2.05) is 0 Å². The van der Waals surface area contributed by atoms with Gasteiger partial charge in [0.1, 0.15) is 0 Å². The van der Waals surface area contributed by atoms with E-state index >= 15 is 0 Å². The molecule has 1 aliphatic rings. The van der Waals surface area contributed by atoms with E-state index in [4.69, 9.17) is 0 Å². The highest BCUT2D eigenvalue weighted by Gasteiger charge is 2.25. The fourth-order valence-electron chi connectivity index (χ4n) is 8.89. The van der Waals surface area contributed by atoms with Crippen LogP contribution >= 0.6 is 0 Å². The Kier molecular flexibility index (Phi) is 6.65. The van der Waals surface area contributed by atoms with Gasteiger partial charge in [0, 0.05) is 38.6 Å². The molecule has 0 bridgehead atoms. The second-order valence-corrected chi connectivity index (χ2v) is 14.1. The Morgan fingerprint density at radius 1 is 0.377 bits per heavy atom. The summed E-state index contributed by atoms with van der Waals surface area (Å²) >= 11 is 0. The summed E-state index contributed by atoms with van der Waals surface area (Å²) in [5, 5.41) is 7.47. The molecule has 0 saturated heterocycles. The third-order valence-electron chi connectivity index (χ3n) is 11.2. The largest absolute Gasteiger partial charge is 0.309 e.